The maximum Gasteiger partial charge on any atom is 0.435 e. The Kier molecular flexibility index (Phi) is 3.25. The molecule has 104 valence electrons. The molecule has 2 heterocycles. The summed E-state index contributed by atoms with van der Waals surface area (Å²) in [4.78, 5) is 0. The second kappa shape index (κ2) is 4.60. The van der Waals surface area contributed by atoms with Crippen LogP contribution < -0.4 is 5.32 Å². The third-order valence-corrected chi connectivity index (χ3v) is 2.66. The molecule has 8 heteroatoms. The minimum absolute atomic E-state index is 0.0508. The average Bonchev–Trinajstić information content (AvgIpc) is 2.78. The Morgan fingerprint density at radius 1 is 1.16 bits per heavy atom. The first-order valence-electron chi connectivity index (χ1n) is 5.61. The van der Waals surface area contributed by atoms with Gasteiger partial charge in [0, 0.05) is 38.6 Å². The van der Waals surface area contributed by atoms with E-state index in [1.807, 2.05) is 0 Å². The molecule has 0 atom stereocenters. The van der Waals surface area contributed by atoms with Gasteiger partial charge < -0.3 is 5.32 Å². The Hall–Kier alpha value is -1.99. The molecule has 2 aromatic rings. The van der Waals surface area contributed by atoms with Gasteiger partial charge in [-0.2, -0.15) is 23.4 Å². The van der Waals surface area contributed by atoms with Gasteiger partial charge in [-0.3, -0.25) is 9.36 Å². The first kappa shape index (κ1) is 13.4. The Bertz CT molecular complexity index is 582. The van der Waals surface area contributed by atoms with Crippen molar-refractivity contribution >= 4 is 5.69 Å². The maximum absolute atomic E-state index is 12.8. The van der Waals surface area contributed by atoms with Gasteiger partial charge in [-0.25, -0.2) is 0 Å². The van der Waals surface area contributed by atoms with Crippen molar-refractivity contribution in [3.8, 4) is 0 Å². The van der Waals surface area contributed by atoms with E-state index < -0.39 is 11.9 Å². The molecule has 0 aliphatic carbocycles. The highest BCUT2D eigenvalue weighted by Gasteiger charge is 2.36. The summed E-state index contributed by atoms with van der Waals surface area (Å²) in [5.41, 5.74) is 0.696. The molecule has 0 saturated heterocycles. The number of aryl methyl sites for hydroxylation is 3. The molecular formula is C11H14F3N5. The van der Waals surface area contributed by atoms with Crippen molar-refractivity contribution < 1.29 is 13.2 Å². The number of nitrogens with zero attached hydrogens (tertiary/aromatic N) is 4. The van der Waals surface area contributed by atoms with E-state index in [2.05, 4.69) is 15.5 Å². The van der Waals surface area contributed by atoms with Crippen molar-refractivity contribution in [2.75, 3.05) is 5.32 Å². The number of anilines is 1. The summed E-state index contributed by atoms with van der Waals surface area (Å²) in [6.07, 6.45) is -1.36. The van der Waals surface area contributed by atoms with Crippen molar-refractivity contribution in [1.82, 2.24) is 19.6 Å². The predicted octanol–water partition coefficient (Wildman–Crippen LogP) is 2.09. The lowest BCUT2D eigenvalue weighted by molar-refractivity contribution is -0.142. The van der Waals surface area contributed by atoms with Gasteiger partial charge in [-0.15, -0.1) is 0 Å². The maximum atomic E-state index is 12.8. The zero-order valence-corrected chi connectivity index (χ0v) is 10.8. The number of nitrogens with one attached hydrogen (secondary N) is 1. The van der Waals surface area contributed by atoms with Crippen molar-refractivity contribution in [2.45, 2.75) is 19.6 Å². The zero-order chi connectivity index (χ0) is 14.2. The Morgan fingerprint density at radius 3 is 2.32 bits per heavy atom. The van der Waals surface area contributed by atoms with Crippen LogP contribution in [0, 0.1) is 6.92 Å². The van der Waals surface area contributed by atoms with E-state index in [9.17, 15) is 13.2 Å². The minimum Gasteiger partial charge on any atom is -0.378 e. The standard InChI is InChI=1S/C11H14F3N5/c1-7-9(6-19(3)16-7)15-4-8-5-18(2)17-10(8)11(12,13)14/h5-6,15H,4H2,1-3H3. The van der Waals surface area contributed by atoms with Crippen molar-refractivity contribution in [3.05, 3.63) is 29.3 Å². The normalized spacial score (nSPS) is 11.9. The third-order valence-electron chi connectivity index (χ3n) is 2.66. The highest BCUT2D eigenvalue weighted by molar-refractivity contribution is 5.46. The van der Waals surface area contributed by atoms with E-state index >= 15 is 0 Å². The van der Waals surface area contributed by atoms with Crippen LogP contribution >= 0.6 is 0 Å². The summed E-state index contributed by atoms with van der Waals surface area (Å²) in [6.45, 7) is 1.84. The summed E-state index contributed by atoms with van der Waals surface area (Å²) < 4.78 is 41.0. The summed E-state index contributed by atoms with van der Waals surface area (Å²) in [7, 11) is 3.22. The molecule has 0 bridgehead atoms. The SMILES string of the molecule is Cc1nn(C)cc1NCc1cn(C)nc1C(F)(F)F. The highest BCUT2D eigenvalue weighted by atomic mass is 19.4. The van der Waals surface area contributed by atoms with E-state index in [-0.39, 0.29) is 12.1 Å². The van der Waals surface area contributed by atoms with E-state index in [0.717, 1.165) is 10.4 Å². The van der Waals surface area contributed by atoms with E-state index in [1.165, 1.54) is 13.2 Å². The first-order chi connectivity index (χ1) is 8.77. The van der Waals surface area contributed by atoms with Gasteiger partial charge in [-0.05, 0) is 6.92 Å². The highest BCUT2D eigenvalue weighted by Crippen LogP contribution is 2.30. The molecule has 5 nitrogen and oxygen atoms in total. The van der Waals surface area contributed by atoms with Gasteiger partial charge in [0.15, 0.2) is 5.69 Å². The van der Waals surface area contributed by atoms with Crippen LogP contribution in [0.4, 0.5) is 18.9 Å². The lowest BCUT2D eigenvalue weighted by Crippen LogP contribution is -2.11. The van der Waals surface area contributed by atoms with Crippen LogP contribution in [0.15, 0.2) is 12.4 Å². The molecule has 0 aliphatic rings. The largest absolute Gasteiger partial charge is 0.435 e. The number of aromatic nitrogens is 4. The first-order valence-corrected chi connectivity index (χ1v) is 5.61. The molecule has 2 aromatic heterocycles. The van der Waals surface area contributed by atoms with Gasteiger partial charge >= 0.3 is 6.18 Å². The van der Waals surface area contributed by atoms with Crippen LogP contribution in [0.2, 0.25) is 0 Å². The number of halogens is 3. The van der Waals surface area contributed by atoms with Crippen molar-refractivity contribution in [3.63, 3.8) is 0 Å². The van der Waals surface area contributed by atoms with Crippen LogP contribution in [-0.4, -0.2) is 19.6 Å². The van der Waals surface area contributed by atoms with E-state index in [1.54, 1.807) is 24.9 Å². The van der Waals surface area contributed by atoms with E-state index in [4.69, 9.17) is 0 Å². The quantitative estimate of drug-likeness (QED) is 0.931. The average molecular weight is 273 g/mol. The molecule has 0 amide bonds. The van der Waals surface area contributed by atoms with Gasteiger partial charge in [0.2, 0.25) is 0 Å². The van der Waals surface area contributed by atoms with Gasteiger partial charge in [-0.1, -0.05) is 0 Å². The molecule has 0 radical (unpaired) electrons. The number of hydrogen-bond donors (Lipinski definition) is 1. The van der Waals surface area contributed by atoms with Crippen molar-refractivity contribution in [2.24, 2.45) is 14.1 Å². The lowest BCUT2D eigenvalue weighted by atomic mass is 10.2. The fourth-order valence-electron chi connectivity index (χ4n) is 1.87. The molecule has 0 spiro atoms. The second-order valence-electron chi connectivity index (χ2n) is 4.33. The Labute approximate surface area is 108 Å². The smallest absolute Gasteiger partial charge is 0.378 e. The van der Waals surface area contributed by atoms with Gasteiger partial charge in [0.25, 0.3) is 0 Å². The molecule has 1 N–H and O–H groups in total. The number of rotatable bonds is 3. The predicted molar refractivity (Wildman–Crippen MR) is 63.5 cm³/mol. The monoisotopic (exact) mass is 273 g/mol. The fraction of sp³-hybridized carbons (Fsp3) is 0.455. The number of hydrogen-bond acceptors (Lipinski definition) is 3. The molecule has 0 saturated carbocycles. The summed E-state index contributed by atoms with van der Waals surface area (Å²) in [5, 5.41) is 10.5. The van der Waals surface area contributed by atoms with Crippen LogP contribution in [0.25, 0.3) is 0 Å². The molecule has 19 heavy (non-hydrogen) atoms. The minimum atomic E-state index is -4.44. The van der Waals surface area contributed by atoms with Crippen LogP contribution in [-0.2, 0) is 26.8 Å². The molecule has 2 rings (SSSR count). The molecular weight excluding hydrogens is 259 g/mol. The lowest BCUT2D eigenvalue weighted by Gasteiger charge is -2.07. The molecule has 0 unspecified atom stereocenters. The van der Waals surface area contributed by atoms with Crippen LogP contribution in [0.5, 0.6) is 0 Å². The molecule has 0 aromatic carbocycles. The Morgan fingerprint density at radius 2 is 1.79 bits per heavy atom. The van der Waals surface area contributed by atoms with Gasteiger partial charge in [0.1, 0.15) is 0 Å². The Balaban J connectivity index is 2.18. The summed E-state index contributed by atoms with van der Waals surface area (Å²) >= 11 is 0. The van der Waals surface area contributed by atoms with Crippen molar-refractivity contribution in [1.29, 1.82) is 0 Å². The summed E-state index contributed by atoms with van der Waals surface area (Å²) in [5.74, 6) is 0. The van der Waals surface area contributed by atoms with E-state index in [0.29, 0.717) is 5.69 Å². The topological polar surface area (TPSA) is 47.7 Å². The summed E-state index contributed by atoms with van der Waals surface area (Å²) in [6, 6.07) is 0. The second-order valence-corrected chi connectivity index (χ2v) is 4.33. The van der Waals surface area contributed by atoms with Gasteiger partial charge in [0.05, 0.1) is 11.4 Å². The fourth-order valence-corrected chi connectivity index (χ4v) is 1.87. The molecule has 0 fully saturated rings. The molecule has 0 aliphatic heterocycles. The van der Waals surface area contributed by atoms with Crippen LogP contribution in [0.1, 0.15) is 17.0 Å². The number of alkyl halides is 3. The van der Waals surface area contributed by atoms with Crippen LogP contribution in [0.3, 0.4) is 0 Å². The third kappa shape index (κ3) is 2.88. The zero-order valence-electron chi connectivity index (χ0n) is 10.8.